The monoisotopic (exact) mass is 1810 g/mol. The molecule has 39 heteroatoms. The van der Waals surface area contributed by atoms with E-state index in [1.54, 1.807) is 6.20 Å². The van der Waals surface area contributed by atoms with Crippen molar-refractivity contribution < 1.29 is 83.7 Å². The fourth-order valence-corrected chi connectivity index (χ4v) is 18.3. The summed E-state index contributed by atoms with van der Waals surface area (Å²) in [7, 11) is 0. The Bertz CT molecular complexity index is 5330. The van der Waals surface area contributed by atoms with Gasteiger partial charge >= 0.3 is 29.2 Å². The third-order valence-electron chi connectivity index (χ3n) is 20.9. The number of ether oxygens (including phenoxy) is 6. The molecule has 34 nitrogen and oxygen atoms in total. The van der Waals surface area contributed by atoms with Gasteiger partial charge in [-0.1, -0.05) is 71.8 Å². The Hall–Kier alpha value is -7.69. The maximum absolute atomic E-state index is 12.5. The van der Waals surface area contributed by atoms with E-state index in [1.807, 2.05) is 102 Å². The quantitative estimate of drug-likeness (QED) is 0.00764. The molecule has 123 heavy (non-hydrogen) atoms. The third kappa shape index (κ3) is 28.4. The normalized spacial score (nSPS) is 24.2. The Morgan fingerprint density at radius 2 is 0.748 bits per heavy atom. The highest BCUT2D eigenvalue weighted by atomic mass is 32.1. The van der Waals surface area contributed by atoms with Crippen molar-refractivity contribution in [3.05, 3.63) is 208 Å². The van der Waals surface area contributed by atoms with E-state index in [-0.39, 0.29) is 52.7 Å². The van der Waals surface area contributed by atoms with E-state index in [0.29, 0.717) is 62.6 Å². The van der Waals surface area contributed by atoms with Gasteiger partial charge in [0.1, 0.15) is 61.2 Å². The molecule has 16 atom stereocenters. The van der Waals surface area contributed by atoms with Gasteiger partial charge in [-0.15, -0.1) is 52.7 Å². The summed E-state index contributed by atoms with van der Waals surface area (Å²) in [6, 6.07) is 15.6. The highest BCUT2D eigenvalue weighted by Gasteiger charge is 2.48. The average molecular weight is 1810 g/mol. The Balaban J connectivity index is 0.000000209. The molecular formula is C84H122N10O24P4S. The van der Waals surface area contributed by atoms with Gasteiger partial charge in [0.15, 0.2) is 29.7 Å². The number of allylic oxidation sites excluding steroid dienone is 2. The second-order valence-electron chi connectivity index (χ2n) is 34.9. The van der Waals surface area contributed by atoms with Gasteiger partial charge < -0.3 is 79.9 Å². The Kier molecular flexibility index (Phi) is 35.8. The van der Waals surface area contributed by atoms with Gasteiger partial charge in [-0.3, -0.25) is 67.0 Å². The molecule has 0 saturated carbocycles. The second kappa shape index (κ2) is 43.7. The van der Waals surface area contributed by atoms with Gasteiger partial charge in [0.2, 0.25) is 0 Å². The molecule has 4 saturated heterocycles. The molecule has 6 aromatic rings. The van der Waals surface area contributed by atoms with Crippen molar-refractivity contribution in [2.24, 2.45) is 0 Å². The molecule has 0 spiro atoms. The number of aromatic nitrogens is 8. The number of nitrogens with one attached hydrogen (secondary N) is 6. The number of aromatic amines is 4. The molecule has 14 N–H and O–H groups in total. The number of aliphatic hydroxyl groups excluding tert-OH is 8. The number of fused-ring (bicyclic) bond motifs is 3. The van der Waals surface area contributed by atoms with Crippen molar-refractivity contribution in [2.45, 2.75) is 190 Å². The van der Waals surface area contributed by atoms with Crippen molar-refractivity contribution in [3.8, 4) is 11.1 Å². The molecule has 0 unspecified atom stereocenters. The van der Waals surface area contributed by atoms with Gasteiger partial charge in [-0.2, -0.15) is 0 Å². The van der Waals surface area contributed by atoms with Crippen LogP contribution in [0.3, 0.4) is 0 Å². The Morgan fingerprint density at radius 3 is 1.08 bits per heavy atom. The topological polar surface area (TPSA) is 495 Å². The lowest BCUT2D eigenvalue weighted by molar-refractivity contribution is -0.139. The standard InChI is InChI=1S/C30H33N2O9P.C19H32N3O5P.C19H32N3O4PS.C16H25N2O6P/c1-42(2,3)13-12-23-25(34)26(35)28(40-23)32-15-17(27(36)31-29(32)37)14-24(33)41-30(38)39-16-22-20-10-6-4-8-18(20)19-9-5-7-11-21(19)22;1-12(2)6-8-20-10-13-11-22(19(26)21-17(13)25)18-16(24)15(23)14(27-18)7-9-28(3,4)5;1-12(2)6-8-20-10-13-11-22(19(28)21-17(13)25)18-16(24)15(23)14(26-18)7-9-27(3,4)5;1-9(19)7-10-8-18(16(23)17-14(10)22)15-13(21)12(20)11(24-15)5-6-25(2,3)4/h4-11,15,22-23,25-26,28,34-35H,1,12-14,16H2,2-3H3,(H,31,36,37);6,11,14-16,18,20,23-24H,3,7-10H2,1-2,4-5H3,(H,21,25,26);6,11,14-16,18,20,23-24H,3,7-10H2,1-2,4-5H3,(H,21,25,28);8,11-13,15,20-21H,2,5-7H2,1,3-4H3,(H,17,22,23)/t23-,25-,26-,28-;2*14-,15-,16-,18-;11-,12-,13-,15-/m1111/s1. The zero-order valence-electron chi connectivity index (χ0n) is 71.9. The largest absolute Gasteiger partial charge is 0.516 e. The predicted octanol–water partition coefficient (Wildman–Crippen LogP) is 3.67. The van der Waals surface area contributed by atoms with Crippen molar-refractivity contribution >= 4 is 82.9 Å². The number of hydrogen-bond acceptors (Lipinski definition) is 27. The smallest absolute Gasteiger partial charge is 0.433 e. The van der Waals surface area contributed by atoms with Gasteiger partial charge in [-0.25, -0.2) is 19.2 Å². The van der Waals surface area contributed by atoms with Crippen LogP contribution >= 0.6 is 39.8 Å². The summed E-state index contributed by atoms with van der Waals surface area (Å²) >= 11 is 5.26. The molecule has 11 rings (SSSR count). The molecule has 5 aliphatic rings. The zero-order valence-corrected chi connectivity index (χ0v) is 76.3. The van der Waals surface area contributed by atoms with E-state index in [9.17, 15) is 88.8 Å². The van der Waals surface area contributed by atoms with Crippen molar-refractivity contribution in [3.63, 3.8) is 0 Å². The molecule has 0 amide bonds. The molecule has 0 bridgehead atoms. The second-order valence-corrected chi connectivity index (χ2v) is 52.6. The van der Waals surface area contributed by atoms with Crippen molar-refractivity contribution in [2.75, 3.05) is 97.7 Å². The van der Waals surface area contributed by atoms with Gasteiger partial charge in [0, 0.05) is 85.6 Å². The van der Waals surface area contributed by atoms with Crippen LogP contribution < -0.4 is 49.9 Å². The molecular weight excluding hydrogens is 1690 g/mol. The van der Waals surface area contributed by atoms with Gasteiger partial charge in [0.05, 0.1) is 30.8 Å². The highest BCUT2D eigenvalue weighted by Crippen LogP contribution is 2.46. The van der Waals surface area contributed by atoms with Gasteiger partial charge in [0.25, 0.3) is 22.2 Å². The van der Waals surface area contributed by atoms with E-state index in [1.165, 1.54) is 29.5 Å². The van der Waals surface area contributed by atoms with E-state index < -0.39 is 178 Å². The number of H-pyrrole nitrogens is 4. The summed E-state index contributed by atoms with van der Waals surface area (Å²) in [4.78, 5) is 131. The lowest BCUT2D eigenvalue weighted by Crippen LogP contribution is -2.39. The van der Waals surface area contributed by atoms with Crippen LogP contribution in [0.15, 0.2) is 130 Å². The highest BCUT2D eigenvalue weighted by molar-refractivity contribution is 7.73. The van der Waals surface area contributed by atoms with Crippen LogP contribution in [-0.2, 0) is 63.9 Å². The number of aliphatic hydroxyl groups is 8. The number of nitrogens with zero attached hydrogens (tertiary/aromatic N) is 4. The maximum atomic E-state index is 12.5. The number of hydrogen-bond donors (Lipinski definition) is 14. The van der Waals surface area contributed by atoms with Crippen molar-refractivity contribution in [1.82, 2.24) is 48.8 Å². The Labute approximate surface area is 718 Å². The van der Waals surface area contributed by atoms with Crippen LogP contribution in [0.5, 0.6) is 0 Å². The third-order valence-corrected chi connectivity index (χ3v) is 27.1. The van der Waals surface area contributed by atoms with Crippen LogP contribution in [0.4, 0.5) is 4.79 Å². The van der Waals surface area contributed by atoms with E-state index in [0.717, 1.165) is 66.2 Å². The minimum atomic E-state index is -1.45. The average Bonchev–Trinajstić information content (AvgIpc) is 1.61. The lowest BCUT2D eigenvalue weighted by Gasteiger charge is -2.20. The van der Waals surface area contributed by atoms with Crippen LogP contribution in [-0.4, -0.2) is 293 Å². The molecule has 0 radical (unpaired) electrons. The fraction of sp³-hybridized carbons (Fsp3) is 0.536. The summed E-state index contributed by atoms with van der Waals surface area (Å²) < 4.78 is 38.1. The number of Topliss-reactive ketones (excluding diaryl/α,β-unsaturated/α-hetero) is 1. The first-order chi connectivity index (χ1) is 57.4. The lowest BCUT2D eigenvalue weighted by atomic mass is 9.98. The van der Waals surface area contributed by atoms with E-state index >= 15 is 0 Å². The molecule has 4 fully saturated rings. The minimum absolute atomic E-state index is 0.0563. The summed E-state index contributed by atoms with van der Waals surface area (Å²) in [6.07, 6.45) is 12.6. The number of carbonyl (C=O) groups is 3. The fourth-order valence-electron chi connectivity index (χ4n) is 14.2. The SMILES string of the molecule is C=P(C)(C)CC[C@H]1O[C@@H](n2cc(CC(=O)OC(=O)OCC3c4ccccc4-c4ccccc43)c(=O)[nH]c2=O)[C@H](O)[C@@H]1O.C=P(C)(C)CC[C@H]1O[C@@H](n2cc(CC(C)=O)c(=O)[nH]c2=O)[C@H](O)[C@@H]1O.C=P(C)(C)CC[C@H]1O[C@@H](n2cc(CNCC=C(C)C)c(=O)[nH]c2=O)[C@H](O)[C@@H]1O.C=P(C)(C)CC[C@H]1O[C@@H](n2cc(CNCC=C(C)C)c(=O)[nH]c2=S)[C@H](O)[C@@H]1O. The summed E-state index contributed by atoms with van der Waals surface area (Å²) in [5.74, 6) is -1.54. The zero-order chi connectivity index (χ0) is 91.2. The number of carbonyl (C=O) groups excluding carboxylic acids is 3. The molecule has 678 valence electrons. The van der Waals surface area contributed by atoms with Crippen LogP contribution in [0.25, 0.3) is 11.1 Å². The summed E-state index contributed by atoms with van der Waals surface area (Å²) in [5.41, 5.74) is 2.52. The summed E-state index contributed by atoms with van der Waals surface area (Å²) in [5, 5.41) is 89.5. The van der Waals surface area contributed by atoms with Crippen LogP contribution in [0.1, 0.15) is 125 Å². The van der Waals surface area contributed by atoms with Gasteiger partial charge in [-0.05, 0) is 173 Å². The van der Waals surface area contributed by atoms with Crippen LogP contribution in [0.2, 0.25) is 0 Å². The molecule has 4 aromatic heterocycles. The molecule has 2 aromatic carbocycles. The van der Waals surface area contributed by atoms with Crippen LogP contribution in [0, 0.1) is 4.77 Å². The number of esters is 1. The minimum Gasteiger partial charge on any atom is -0.433 e. The van der Waals surface area contributed by atoms with E-state index in [2.05, 4.69) is 95.8 Å². The first-order valence-corrected chi connectivity index (χ1v) is 52.9. The maximum Gasteiger partial charge on any atom is 0.516 e. The van der Waals surface area contributed by atoms with Crippen molar-refractivity contribution in [1.29, 1.82) is 0 Å². The Morgan fingerprint density at radius 1 is 0.447 bits per heavy atom. The predicted molar refractivity (Wildman–Crippen MR) is 487 cm³/mol. The summed E-state index contributed by atoms with van der Waals surface area (Å²) in [6.45, 7) is 22.4. The number of benzene rings is 2. The molecule has 1 aliphatic carbocycles. The molecule has 8 heterocycles. The number of rotatable bonds is 30. The number of ketones is 1. The molecule has 4 aliphatic heterocycles. The first-order valence-electron chi connectivity index (χ1n) is 40.3. The first kappa shape index (κ1) is 101. The van der Waals surface area contributed by atoms with E-state index in [4.69, 9.17) is 40.6 Å².